The summed E-state index contributed by atoms with van der Waals surface area (Å²) in [7, 11) is 0. The van der Waals surface area contributed by atoms with Crippen molar-refractivity contribution < 1.29 is 0 Å². The van der Waals surface area contributed by atoms with Crippen LogP contribution in [0.15, 0.2) is 18.3 Å². The summed E-state index contributed by atoms with van der Waals surface area (Å²) in [5, 5.41) is 8.17. The zero-order valence-electron chi connectivity index (χ0n) is 15.1. The maximum Gasteiger partial charge on any atom is 0.253 e. The molecule has 3 heterocycles. The molecule has 6 heteroatoms. The van der Waals surface area contributed by atoms with Crippen LogP contribution in [-0.2, 0) is 0 Å². The van der Waals surface area contributed by atoms with Crippen LogP contribution in [0.3, 0.4) is 0 Å². The quantitative estimate of drug-likeness (QED) is 0.786. The molecule has 0 unspecified atom stereocenters. The molecule has 130 valence electrons. The summed E-state index contributed by atoms with van der Waals surface area (Å²) in [5.74, 6) is 1.42. The van der Waals surface area contributed by atoms with Gasteiger partial charge in [-0.05, 0) is 51.3 Å². The highest BCUT2D eigenvalue weighted by Gasteiger charge is 2.18. The van der Waals surface area contributed by atoms with Crippen molar-refractivity contribution in [3.63, 3.8) is 0 Å². The first kappa shape index (κ1) is 16.0. The summed E-state index contributed by atoms with van der Waals surface area (Å²) in [6.07, 6.45) is 8.13. The maximum absolute atomic E-state index is 4.78. The second-order valence-corrected chi connectivity index (χ2v) is 7.07. The van der Waals surface area contributed by atoms with E-state index in [1.54, 1.807) is 0 Å². The van der Waals surface area contributed by atoms with Crippen molar-refractivity contribution in [2.75, 3.05) is 5.32 Å². The van der Waals surface area contributed by atoms with Crippen molar-refractivity contribution in [3.05, 3.63) is 35.3 Å². The normalized spacial score (nSPS) is 15.6. The Balaban J connectivity index is 1.82. The monoisotopic (exact) mass is 336 g/mol. The highest BCUT2D eigenvalue weighted by Crippen LogP contribution is 2.25. The van der Waals surface area contributed by atoms with Crippen LogP contribution in [0.5, 0.6) is 0 Å². The molecule has 1 aliphatic carbocycles. The van der Waals surface area contributed by atoms with Gasteiger partial charge >= 0.3 is 0 Å². The molecule has 4 rings (SSSR count). The van der Waals surface area contributed by atoms with Gasteiger partial charge in [-0.3, -0.25) is 4.98 Å². The van der Waals surface area contributed by atoms with E-state index in [0.717, 1.165) is 33.8 Å². The summed E-state index contributed by atoms with van der Waals surface area (Å²) in [6, 6.07) is 4.56. The first-order chi connectivity index (χ1) is 12.1. The molecule has 0 aliphatic heterocycles. The van der Waals surface area contributed by atoms with Crippen LogP contribution in [0, 0.1) is 20.8 Å². The van der Waals surface area contributed by atoms with Crippen molar-refractivity contribution in [1.29, 1.82) is 0 Å². The Kier molecular flexibility index (Phi) is 4.11. The molecule has 1 aliphatic rings. The van der Waals surface area contributed by atoms with Crippen LogP contribution < -0.4 is 5.32 Å². The summed E-state index contributed by atoms with van der Waals surface area (Å²) < 4.78 is 1.81. The average molecular weight is 336 g/mol. The van der Waals surface area contributed by atoms with Gasteiger partial charge in [0.1, 0.15) is 5.52 Å². The van der Waals surface area contributed by atoms with Gasteiger partial charge in [0.05, 0.1) is 11.2 Å². The van der Waals surface area contributed by atoms with E-state index in [4.69, 9.17) is 9.97 Å². The topological polar surface area (TPSA) is 68.5 Å². The van der Waals surface area contributed by atoms with Gasteiger partial charge in [-0.2, -0.15) is 10.1 Å². The van der Waals surface area contributed by atoms with E-state index in [9.17, 15) is 0 Å². The van der Waals surface area contributed by atoms with Gasteiger partial charge in [-0.1, -0.05) is 19.3 Å². The van der Waals surface area contributed by atoms with Gasteiger partial charge in [0.2, 0.25) is 0 Å². The van der Waals surface area contributed by atoms with Gasteiger partial charge in [0, 0.05) is 17.9 Å². The fraction of sp³-hybridized carbons (Fsp3) is 0.474. The molecule has 0 spiro atoms. The first-order valence-electron chi connectivity index (χ1n) is 9.05. The molecular weight excluding hydrogens is 312 g/mol. The molecule has 3 aromatic rings. The fourth-order valence-corrected chi connectivity index (χ4v) is 3.57. The largest absolute Gasteiger partial charge is 0.365 e. The van der Waals surface area contributed by atoms with Gasteiger partial charge in [-0.25, -0.2) is 9.67 Å². The zero-order valence-corrected chi connectivity index (χ0v) is 15.1. The van der Waals surface area contributed by atoms with E-state index in [0.29, 0.717) is 12.0 Å². The van der Waals surface area contributed by atoms with Gasteiger partial charge in [0.15, 0.2) is 5.82 Å². The molecule has 3 aromatic heterocycles. The molecule has 1 N–H and O–H groups in total. The van der Waals surface area contributed by atoms with E-state index in [2.05, 4.69) is 21.5 Å². The number of hydrogen-bond donors (Lipinski definition) is 1. The Labute approximate surface area is 147 Å². The number of nitrogens with one attached hydrogen (secondary N) is 1. The Hall–Kier alpha value is -2.50. The number of rotatable bonds is 3. The van der Waals surface area contributed by atoms with Crippen molar-refractivity contribution in [1.82, 2.24) is 24.7 Å². The summed E-state index contributed by atoms with van der Waals surface area (Å²) >= 11 is 0. The van der Waals surface area contributed by atoms with Gasteiger partial charge in [-0.15, -0.1) is 0 Å². The second kappa shape index (κ2) is 6.43. The highest BCUT2D eigenvalue weighted by atomic mass is 15.4. The minimum Gasteiger partial charge on any atom is -0.365 e. The minimum absolute atomic E-state index is 0.461. The van der Waals surface area contributed by atoms with E-state index >= 15 is 0 Å². The third-order valence-corrected chi connectivity index (χ3v) is 4.81. The SMILES string of the molecule is Cc1cnc2c(NC3CCCCC3)nc(-n3nc(C)cc3C)nc2c1. The van der Waals surface area contributed by atoms with Crippen LogP contribution in [-0.4, -0.2) is 30.8 Å². The zero-order chi connectivity index (χ0) is 17.4. The van der Waals surface area contributed by atoms with E-state index < -0.39 is 0 Å². The highest BCUT2D eigenvalue weighted by molar-refractivity contribution is 5.86. The molecule has 0 bridgehead atoms. The Bertz CT molecular complexity index is 908. The van der Waals surface area contributed by atoms with E-state index in [1.165, 1.54) is 32.1 Å². The number of aryl methyl sites for hydroxylation is 3. The van der Waals surface area contributed by atoms with Crippen LogP contribution in [0.25, 0.3) is 17.0 Å². The predicted octanol–water partition coefficient (Wildman–Crippen LogP) is 3.88. The lowest BCUT2D eigenvalue weighted by atomic mass is 9.95. The Morgan fingerprint density at radius 2 is 1.84 bits per heavy atom. The molecule has 6 nitrogen and oxygen atoms in total. The predicted molar refractivity (Wildman–Crippen MR) is 99.2 cm³/mol. The maximum atomic E-state index is 4.78. The molecule has 0 aromatic carbocycles. The molecule has 25 heavy (non-hydrogen) atoms. The number of hydrogen-bond acceptors (Lipinski definition) is 5. The second-order valence-electron chi connectivity index (χ2n) is 7.07. The van der Waals surface area contributed by atoms with E-state index in [-0.39, 0.29) is 0 Å². The Morgan fingerprint density at radius 1 is 1.04 bits per heavy atom. The third-order valence-electron chi connectivity index (χ3n) is 4.81. The molecular formula is C19H24N6. The molecule has 0 amide bonds. The summed E-state index contributed by atoms with van der Waals surface area (Å²) in [5.41, 5.74) is 4.78. The fourth-order valence-electron chi connectivity index (χ4n) is 3.57. The standard InChI is InChI=1S/C19H24N6/c1-12-9-16-17(20-11-12)18(21-15-7-5-4-6-8-15)23-19(22-16)25-14(3)10-13(2)24-25/h9-11,15H,4-8H2,1-3H3,(H,21,22,23). The number of anilines is 1. The van der Waals surface area contributed by atoms with Crippen molar-refractivity contribution in [2.45, 2.75) is 58.9 Å². The smallest absolute Gasteiger partial charge is 0.253 e. The van der Waals surface area contributed by atoms with E-state index in [1.807, 2.05) is 37.7 Å². The van der Waals surface area contributed by atoms with Crippen molar-refractivity contribution >= 4 is 16.9 Å². The summed E-state index contributed by atoms with van der Waals surface area (Å²) in [4.78, 5) is 14.1. The van der Waals surface area contributed by atoms with Gasteiger partial charge < -0.3 is 5.32 Å². The number of fused-ring (bicyclic) bond motifs is 1. The molecule has 0 radical (unpaired) electrons. The van der Waals surface area contributed by atoms with Crippen LogP contribution in [0.2, 0.25) is 0 Å². The van der Waals surface area contributed by atoms with Gasteiger partial charge in [0.25, 0.3) is 5.95 Å². The summed E-state index contributed by atoms with van der Waals surface area (Å²) in [6.45, 7) is 6.04. The number of aromatic nitrogens is 5. The minimum atomic E-state index is 0.461. The molecule has 1 saturated carbocycles. The average Bonchev–Trinajstić information content (AvgIpc) is 2.93. The van der Waals surface area contributed by atoms with Crippen LogP contribution >= 0.6 is 0 Å². The van der Waals surface area contributed by atoms with Crippen LogP contribution in [0.4, 0.5) is 5.82 Å². The lowest BCUT2D eigenvalue weighted by Gasteiger charge is -2.23. The van der Waals surface area contributed by atoms with Crippen molar-refractivity contribution in [2.24, 2.45) is 0 Å². The lowest BCUT2D eigenvalue weighted by molar-refractivity contribution is 0.462. The van der Waals surface area contributed by atoms with Crippen molar-refractivity contribution in [3.8, 4) is 5.95 Å². The molecule has 1 fully saturated rings. The van der Waals surface area contributed by atoms with Crippen LogP contribution in [0.1, 0.15) is 49.1 Å². The molecule has 0 saturated heterocycles. The third kappa shape index (κ3) is 3.21. The lowest BCUT2D eigenvalue weighted by Crippen LogP contribution is -2.23. The molecule has 0 atom stereocenters. The Morgan fingerprint density at radius 3 is 2.56 bits per heavy atom. The number of pyridine rings is 1. The number of nitrogens with zero attached hydrogens (tertiary/aromatic N) is 5. The first-order valence-corrected chi connectivity index (χ1v) is 9.05.